The molecule has 3 heteroatoms. The van der Waals surface area contributed by atoms with Crippen molar-refractivity contribution in [3.63, 3.8) is 0 Å². The van der Waals surface area contributed by atoms with E-state index in [2.05, 4.69) is 11.8 Å². The number of benzene rings is 1. The lowest BCUT2D eigenvalue weighted by atomic mass is 9.85. The molecule has 1 aliphatic rings. The molecule has 0 bridgehead atoms. The number of nitrogens with zero attached hydrogens (tertiary/aromatic N) is 1. The molecule has 0 atom stereocenters. The third kappa shape index (κ3) is 4.51. The van der Waals surface area contributed by atoms with Crippen molar-refractivity contribution >= 4 is 0 Å². The summed E-state index contributed by atoms with van der Waals surface area (Å²) < 4.78 is 5.82. The molecule has 0 aromatic heterocycles. The van der Waals surface area contributed by atoms with Crippen molar-refractivity contribution in [2.24, 2.45) is 11.7 Å². The highest BCUT2D eigenvalue weighted by Gasteiger charge is 2.19. The summed E-state index contributed by atoms with van der Waals surface area (Å²) in [6.45, 7) is 6.92. The van der Waals surface area contributed by atoms with Gasteiger partial charge in [0.1, 0.15) is 12.4 Å². The summed E-state index contributed by atoms with van der Waals surface area (Å²) in [4.78, 5) is 2.50. The van der Waals surface area contributed by atoms with Crippen LogP contribution in [0.15, 0.2) is 24.3 Å². The van der Waals surface area contributed by atoms with Crippen molar-refractivity contribution in [2.75, 3.05) is 26.2 Å². The van der Waals surface area contributed by atoms with Gasteiger partial charge in [-0.1, -0.05) is 25.5 Å². The molecule has 3 nitrogen and oxygen atoms in total. The second-order valence-corrected chi connectivity index (χ2v) is 5.39. The Morgan fingerprint density at radius 1 is 1.37 bits per heavy atom. The molecule has 0 unspecified atom stereocenters. The maximum atomic E-state index is 5.82. The third-order valence-electron chi connectivity index (χ3n) is 4.00. The van der Waals surface area contributed by atoms with Gasteiger partial charge in [-0.2, -0.15) is 0 Å². The summed E-state index contributed by atoms with van der Waals surface area (Å²) in [5.41, 5.74) is 6.75. The highest BCUT2D eigenvalue weighted by Crippen LogP contribution is 2.26. The second-order valence-electron chi connectivity index (χ2n) is 5.39. The van der Waals surface area contributed by atoms with Gasteiger partial charge in [0, 0.05) is 19.6 Å². The summed E-state index contributed by atoms with van der Waals surface area (Å²) in [7, 11) is 0. The third-order valence-corrected chi connectivity index (χ3v) is 4.00. The predicted octanol–water partition coefficient (Wildman–Crippen LogP) is 2.65. The minimum Gasteiger partial charge on any atom is -0.492 e. The van der Waals surface area contributed by atoms with Crippen molar-refractivity contribution in [3.05, 3.63) is 29.8 Å². The summed E-state index contributed by atoms with van der Waals surface area (Å²) in [6, 6.07) is 8.06. The highest BCUT2D eigenvalue weighted by atomic mass is 16.5. The van der Waals surface area contributed by atoms with E-state index < -0.39 is 0 Å². The van der Waals surface area contributed by atoms with Crippen LogP contribution < -0.4 is 10.5 Å². The lowest BCUT2D eigenvalue weighted by Crippen LogP contribution is -2.35. The molecule has 19 heavy (non-hydrogen) atoms. The first-order valence-corrected chi connectivity index (χ1v) is 7.46. The van der Waals surface area contributed by atoms with Gasteiger partial charge in [-0.25, -0.2) is 0 Å². The van der Waals surface area contributed by atoms with E-state index in [0.29, 0.717) is 6.54 Å². The quantitative estimate of drug-likeness (QED) is 0.782. The number of hydrogen-bond donors (Lipinski definition) is 1. The number of ether oxygens (including phenoxy) is 1. The van der Waals surface area contributed by atoms with Crippen molar-refractivity contribution in [2.45, 2.75) is 32.7 Å². The van der Waals surface area contributed by atoms with Crippen LogP contribution in [0.1, 0.15) is 31.7 Å². The predicted molar refractivity (Wildman–Crippen MR) is 79.3 cm³/mol. The highest BCUT2D eigenvalue weighted by molar-refractivity contribution is 5.28. The van der Waals surface area contributed by atoms with Crippen molar-refractivity contribution in [1.82, 2.24) is 4.90 Å². The maximum absolute atomic E-state index is 5.82. The van der Waals surface area contributed by atoms with E-state index in [1.54, 1.807) is 0 Å². The van der Waals surface area contributed by atoms with Crippen LogP contribution >= 0.6 is 0 Å². The van der Waals surface area contributed by atoms with Crippen LogP contribution in [-0.4, -0.2) is 31.1 Å². The summed E-state index contributed by atoms with van der Waals surface area (Å²) in [6.07, 6.45) is 4.25. The van der Waals surface area contributed by atoms with Gasteiger partial charge in [-0.3, -0.25) is 4.90 Å². The zero-order valence-electron chi connectivity index (χ0n) is 12.0. The summed E-state index contributed by atoms with van der Waals surface area (Å²) in [5.74, 6) is 1.86. The Morgan fingerprint density at radius 3 is 2.84 bits per heavy atom. The summed E-state index contributed by atoms with van der Waals surface area (Å²) in [5, 5.41) is 0. The van der Waals surface area contributed by atoms with E-state index in [1.165, 1.54) is 25.8 Å². The Hall–Kier alpha value is -1.06. The fraction of sp³-hybridized carbons (Fsp3) is 0.625. The second kappa shape index (κ2) is 7.51. The molecule has 0 spiro atoms. The monoisotopic (exact) mass is 262 g/mol. The largest absolute Gasteiger partial charge is 0.492 e. The first-order chi connectivity index (χ1) is 9.31. The van der Waals surface area contributed by atoms with Gasteiger partial charge in [-0.15, -0.1) is 0 Å². The van der Waals surface area contributed by atoms with Crippen molar-refractivity contribution in [3.8, 4) is 5.75 Å². The zero-order chi connectivity index (χ0) is 13.5. The fourth-order valence-corrected chi connectivity index (χ4v) is 2.47. The van der Waals surface area contributed by atoms with Crippen LogP contribution in [0, 0.1) is 5.92 Å². The van der Waals surface area contributed by atoms with Crippen LogP contribution in [0.4, 0.5) is 0 Å². The number of nitrogens with two attached hydrogens (primary N) is 1. The molecule has 1 aromatic carbocycles. The van der Waals surface area contributed by atoms with Crippen LogP contribution in [0.25, 0.3) is 0 Å². The Balaban J connectivity index is 1.71. The van der Waals surface area contributed by atoms with Crippen LogP contribution in [0.5, 0.6) is 5.75 Å². The number of likely N-dealkylation sites (N-methyl/N-ethyl adjacent to an activating group) is 1. The van der Waals surface area contributed by atoms with Gasteiger partial charge in [-0.05, 0) is 43.0 Å². The van der Waals surface area contributed by atoms with Gasteiger partial charge in [0.05, 0.1) is 0 Å². The average molecular weight is 262 g/mol. The zero-order valence-corrected chi connectivity index (χ0v) is 12.0. The van der Waals surface area contributed by atoms with Crippen molar-refractivity contribution < 1.29 is 4.74 Å². The Bertz CT molecular complexity index is 377. The molecule has 2 rings (SSSR count). The van der Waals surface area contributed by atoms with Crippen LogP contribution in [0.3, 0.4) is 0 Å². The van der Waals surface area contributed by atoms with Gasteiger partial charge < -0.3 is 10.5 Å². The van der Waals surface area contributed by atoms with E-state index in [4.69, 9.17) is 10.5 Å². The first kappa shape index (κ1) is 14.4. The maximum Gasteiger partial charge on any atom is 0.119 e. The molecule has 0 saturated heterocycles. The Kier molecular flexibility index (Phi) is 5.67. The van der Waals surface area contributed by atoms with Gasteiger partial charge in [0.25, 0.3) is 0 Å². The van der Waals surface area contributed by atoms with Gasteiger partial charge >= 0.3 is 0 Å². The molecule has 1 aliphatic carbocycles. The Morgan fingerprint density at radius 2 is 2.21 bits per heavy atom. The smallest absolute Gasteiger partial charge is 0.119 e. The minimum atomic E-state index is 0.569. The van der Waals surface area contributed by atoms with E-state index in [1.807, 2.05) is 24.3 Å². The molecule has 0 heterocycles. The normalized spacial score (nSPS) is 15.5. The van der Waals surface area contributed by atoms with E-state index in [0.717, 1.165) is 36.9 Å². The molecule has 0 radical (unpaired) electrons. The Labute approximate surface area is 116 Å². The SMILES string of the molecule is CCN(CCOc1cccc(CN)c1)CC1CCC1. The molecular formula is C16H26N2O. The standard InChI is InChI=1S/C16H26N2O/c1-2-18(13-14-5-3-6-14)9-10-19-16-8-4-7-15(11-16)12-17/h4,7-8,11,14H,2-3,5-6,9-10,12-13,17H2,1H3. The number of hydrogen-bond acceptors (Lipinski definition) is 3. The van der Waals surface area contributed by atoms with Gasteiger partial charge in [0.15, 0.2) is 0 Å². The lowest BCUT2D eigenvalue weighted by Gasteiger charge is -2.31. The molecule has 1 saturated carbocycles. The van der Waals surface area contributed by atoms with E-state index in [-0.39, 0.29) is 0 Å². The molecular weight excluding hydrogens is 236 g/mol. The van der Waals surface area contributed by atoms with Crippen LogP contribution in [-0.2, 0) is 6.54 Å². The molecule has 0 amide bonds. The molecule has 1 fully saturated rings. The first-order valence-electron chi connectivity index (χ1n) is 7.46. The molecule has 0 aliphatic heterocycles. The van der Waals surface area contributed by atoms with E-state index in [9.17, 15) is 0 Å². The van der Waals surface area contributed by atoms with E-state index >= 15 is 0 Å². The molecule has 2 N–H and O–H groups in total. The topological polar surface area (TPSA) is 38.5 Å². The lowest BCUT2D eigenvalue weighted by molar-refractivity contribution is 0.158. The average Bonchev–Trinajstić information content (AvgIpc) is 2.41. The molecule has 1 aromatic rings. The number of rotatable bonds is 8. The molecule has 106 valence electrons. The minimum absolute atomic E-state index is 0.569. The van der Waals surface area contributed by atoms with Gasteiger partial charge in [0.2, 0.25) is 0 Å². The summed E-state index contributed by atoms with van der Waals surface area (Å²) >= 11 is 0. The van der Waals surface area contributed by atoms with Crippen LogP contribution in [0.2, 0.25) is 0 Å². The van der Waals surface area contributed by atoms with Crippen molar-refractivity contribution in [1.29, 1.82) is 0 Å². The fourth-order valence-electron chi connectivity index (χ4n) is 2.47.